The third kappa shape index (κ3) is 12.9. The van der Waals surface area contributed by atoms with E-state index in [1.54, 1.807) is 41.7 Å². The van der Waals surface area contributed by atoms with Crippen LogP contribution >= 0.6 is 0 Å². The molecule has 17 nitrogen and oxygen atoms in total. The predicted octanol–water partition coefficient (Wildman–Crippen LogP) is 2.67. The van der Waals surface area contributed by atoms with Crippen LogP contribution in [0.5, 0.6) is 0 Å². The molecule has 0 aromatic carbocycles. The molecule has 352 valence electrons. The van der Waals surface area contributed by atoms with E-state index in [9.17, 15) is 30.0 Å². The number of carbonyl (C=O) groups is 2. The molecule has 0 aromatic rings. The quantitative estimate of drug-likeness (QED) is 0.141. The molecule has 0 aliphatic carbocycles. The number of methoxy groups -OCH3 is 2. The Balaban J connectivity index is 2.18. The van der Waals surface area contributed by atoms with Crippen LogP contribution in [0.15, 0.2) is 0 Å². The molecule has 3 saturated heterocycles. The highest BCUT2D eigenvalue weighted by Gasteiger charge is 2.53. The van der Waals surface area contributed by atoms with Crippen LogP contribution in [0.2, 0.25) is 0 Å². The number of hydrogen-bond donors (Lipinski definition) is 5. The van der Waals surface area contributed by atoms with Crippen molar-refractivity contribution in [3.05, 3.63) is 0 Å². The molecular formula is C43H81N3O14. The molecule has 1 amide bonds. The first-order valence-electron chi connectivity index (χ1n) is 21.8. The molecule has 60 heavy (non-hydrogen) atoms. The van der Waals surface area contributed by atoms with E-state index in [0.29, 0.717) is 26.0 Å². The number of aliphatic hydroxyl groups excluding tert-OH is 2. The lowest BCUT2D eigenvalue weighted by Crippen LogP contribution is -2.61. The maximum absolute atomic E-state index is 14.6. The zero-order valence-corrected chi connectivity index (χ0v) is 39.1. The summed E-state index contributed by atoms with van der Waals surface area (Å²) in [4.78, 5) is 31.7. The lowest BCUT2D eigenvalue weighted by atomic mass is 9.77. The largest absolute Gasteiger partial charge is 0.459 e. The first-order chi connectivity index (χ1) is 27.8. The SMILES string of the molecule is CC[C@H]1OC(=O)[C@H](C)[C@@H](O[C@H]2C[C@@](C)(OC)[C@@H](O)[C@H](C)O2)[C@H](C)[C@@H](O[C@@H]2O[C@H](C)C[C@H](N(C)C)[C@H]2O)[C@](C)(O)C[C@@H](C)CN(C)[C@H](C)[C@@H](OC(=O)NCCCOC)[C@]1(C)O. The molecule has 0 saturated carbocycles. The summed E-state index contributed by atoms with van der Waals surface area (Å²) in [5.41, 5.74) is -4.54. The predicted molar refractivity (Wildman–Crippen MR) is 223 cm³/mol. The Labute approximate surface area is 359 Å². The van der Waals surface area contributed by atoms with Gasteiger partial charge >= 0.3 is 12.1 Å². The maximum Gasteiger partial charge on any atom is 0.407 e. The molecule has 3 aliphatic heterocycles. The number of ether oxygens (including phenoxy) is 8. The van der Waals surface area contributed by atoms with Gasteiger partial charge in [0.25, 0.3) is 0 Å². The van der Waals surface area contributed by atoms with Gasteiger partial charge in [0, 0.05) is 58.3 Å². The number of aliphatic hydroxyl groups is 4. The monoisotopic (exact) mass is 864 g/mol. The van der Waals surface area contributed by atoms with Crippen molar-refractivity contribution in [1.29, 1.82) is 0 Å². The summed E-state index contributed by atoms with van der Waals surface area (Å²) >= 11 is 0. The highest BCUT2D eigenvalue weighted by Crippen LogP contribution is 2.40. The van der Waals surface area contributed by atoms with E-state index in [1.807, 2.05) is 58.6 Å². The van der Waals surface area contributed by atoms with Gasteiger partial charge in [0.15, 0.2) is 18.7 Å². The van der Waals surface area contributed by atoms with Crippen molar-refractivity contribution < 1.29 is 67.9 Å². The summed E-state index contributed by atoms with van der Waals surface area (Å²) in [6, 6.07) is -0.895. The summed E-state index contributed by atoms with van der Waals surface area (Å²) < 4.78 is 49.1. The van der Waals surface area contributed by atoms with Gasteiger partial charge in [0.1, 0.15) is 23.9 Å². The zero-order valence-electron chi connectivity index (χ0n) is 39.1. The first kappa shape index (κ1) is 52.6. The van der Waals surface area contributed by atoms with E-state index < -0.39 is 102 Å². The number of cyclic esters (lactones) is 1. The Morgan fingerprint density at radius 1 is 0.983 bits per heavy atom. The van der Waals surface area contributed by atoms with Crippen molar-refractivity contribution in [2.45, 2.75) is 192 Å². The van der Waals surface area contributed by atoms with Gasteiger partial charge in [-0.3, -0.25) is 9.69 Å². The van der Waals surface area contributed by atoms with Gasteiger partial charge in [-0.15, -0.1) is 0 Å². The number of carbonyl (C=O) groups excluding carboxylic acids is 2. The van der Waals surface area contributed by atoms with E-state index in [1.165, 1.54) is 14.0 Å². The second kappa shape index (κ2) is 22.2. The van der Waals surface area contributed by atoms with Gasteiger partial charge in [-0.05, 0) is 101 Å². The summed E-state index contributed by atoms with van der Waals surface area (Å²) in [6.07, 6.45) is -8.79. The molecule has 0 spiro atoms. The van der Waals surface area contributed by atoms with Crippen LogP contribution in [-0.4, -0.2) is 188 Å². The Kier molecular flexibility index (Phi) is 19.5. The summed E-state index contributed by atoms with van der Waals surface area (Å²) in [5, 5.41) is 50.5. The number of alkyl carbamates (subject to hydrolysis) is 1. The molecule has 5 N–H and O–H groups in total. The van der Waals surface area contributed by atoms with E-state index in [2.05, 4.69) is 5.32 Å². The maximum atomic E-state index is 14.6. The molecule has 0 radical (unpaired) electrons. The third-order valence-corrected chi connectivity index (χ3v) is 13.2. The second-order valence-corrected chi connectivity index (χ2v) is 18.8. The van der Waals surface area contributed by atoms with E-state index in [0.717, 1.165) is 0 Å². The Bertz CT molecular complexity index is 1340. The number of esters is 1. The zero-order chi connectivity index (χ0) is 45.5. The number of amides is 1. The van der Waals surface area contributed by atoms with Gasteiger partial charge in [0.2, 0.25) is 0 Å². The van der Waals surface area contributed by atoms with Crippen molar-refractivity contribution in [2.75, 3.05) is 55.1 Å². The summed E-state index contributed by atoms with van der Waals surface area (Å²) in [5.74, 6) is -2.79. The van der Waals surface area contributed by atoms with E-state index in [-0.39, 0.29) is 43.9 Å². The van der Waals surface area contributed by atoms with Crippen LogP contribution in [-0.2, 0) is 42.7 Å². The van der Waals surface area contributed by atoms with Crippen LogP contribution in [0, 0.1) is 17.8 Å². The van der Waals surface area contributed by atoms with E-state index >= 15 is 0 Å². The molecule has 3 aliphatic rings. The van der Waals surface area contributed by atoms with Crippen molar-refractivity contribution in [3.8, 4) is 0 Å². The van der Waals surface area contributed by atoms with Crippen LogP contribution in [0.25, 0.3) is 0 Å². The molecule has 3 fully saturated rings. The van der Waals surface area contributed by atoms with Crippen LogP contribution in [0.4, 0.5) is 4.79 Å². The number of nitrogens with zero attached hydrogens (tertiary/aromatic N) is 2. The fraction of sp³-hybridized carbons (Fsp3) is 0.953. The number of nitrogens with one attached hydrogen (secondary N) is 1. The summed E-state index contributed by atoms with van der Waals surface area (Å²) in [7, 11) is 8.68. The average molecular weight is 864 g/mol. The van der Waals surface area contributed by atoms with Crippen LogP contribution < -0.4 is 5.32 Å². The Hall–Kier alpha value is -1.74. The molecule has 18 atom stereocenters. The summed E-state index contributed by atoms with van der Waals surface area (Å²) in [6.45, 7) is 18.7. The minimum absolute atomic E-state index is 0.106. The first-order valence-corrected chi connectivity index (χ1v) is 21.8. The average Bonchev–Trinajstić information content (AvgIpc) is 3.16. The minimum Gasteiger partial charge on any atom is -0.459 e. The fourth-order valence-electron chi connectivity index (χ4n) is 9.50. The van der Waals surface area contributed by atoms with Gasteiger partial charge < -0.3 is 68.5 Å². The lowest BCUT2D eigenvalue weighted by molar-refractivity contribution is -0.318. The Morgan fingerprint density at radius 3 is 2.22 bits per heavy atom. The Morgan fingerprint density at radius 2 is 1.63 bits per heavy atom. The van der Waals surface area contributed by atoms with Gasteiger partial charge in [0.05, 0.1) is 41.5 Å². The standard InChI is InChI=1S/C43H81N3O14/c1-16-31-43(10,52)37(60-40(50)44-18-17-19-53-14)28(6)46(13)23-24(2)21-41(8,51)36(59-39-33(47)30(45(11)12)20-25(3)55-39)26(4)34(27(5)38(49)57-31)58-32-22-42(9,54-15)35(48)29(7)56-32/h24-37,39,47-48,51-52H,16-23H2,1-15H3,(H,44,50)/t24-,25-,26+,27-,28-,29+,30+,31-,32+,33-,34+,35+,36-,37-,39+,41-,42-,43-/m1/s1. The normalized spacial score (nSPS) is 44.4. The van der Waals surface area contributed by atoms with Crippen molar-refractivity contribution >= 4 is 12.1 Å². The van der Waals surface area contributed by atoms with Gasteiger partial charge in [-0.2, -0.15) is 0 Å². The molecule has 0 aromatic heterocycles. The number of likely N-dealkylation sites (N-methyl/N-ethyl adjacent to an activating group) is 2. The molecular weight excluding hydrogens is 782 g/mol. The highest BCUT2D eigenvalue weighted by atomic mass is 16.7. The van der Waals surface area contributed by atoms with Crippen LogP contribution in [0.1, 0.15) is 101 Å². The lowest BCUT2D eigenvalue weighted by Gasteiger charge is -2.48. The van der Waals surface area contributed by atoms with Crippen LogP contribution in [0.3, 0.4) is 0 Å². The fourth-order valence-corrected chi connectivity index (χ4v) is 9.50. The third-order valence-electron chi connectivity index (χ3n) is 13.2. The smallest absolute Gasteiger partial charge is 0.407 e. The number of rotatable bonds is 12. The highest BCUT2D eigenvalue weighted by molar-refractivity contribution is 5.73. The van der Waals surface area contributed by atoms with Gasteiger partial charge in [-0.1, -0.05) is 20.8 Å². The van der Waals surface area contributed by atoms with Crippen molar-refractivity contribution in [3.63, 3.8) is 0 Å². The molecule has 17 heteroatoms. The topological polar surface area (TPSA) is 207 Å². The molecule has 0 bridgehead atoms. The molecule has 3 heterocycles. The second-order valence-electron chi connectivity index (χ2n) is 18.8. The van der Waals surface area contributed by atoms with Crippen molar-refractivity contribution in [1.82, 2.24) is 15.1 Å². The van der Waals surface area contributed by atoms with Crippen molar-refractivity contribution in [2.24, 2.45) is 17.8 Å². The van der Waals surface area contributed by atoms with Gasteiger partial charge in [-0.25, -0.2) is 4.79 Å². The number of hydrogen-bond acceptors (Lipinski definition) is 16. The molecule has 0 unspecified atom stereocenters. The van der Waals surface area contributed by atoms with E-state index in [4.69, 9.17) is 37.9 Å². The minimum atomic E-state index is -1.88. The molecule has 3 rings (SSSR count).